The van der Waals surface area contributed by atoms with Gasteiger partial charge in [-0.15, -0.1) is 0 Å². The van der Waals surface area contributed by atoms with E-state index in [1.807, 2.05) is 7.05 Å². The van der Waals surface area contributed by atoms with Crippen LogP contribution in [0.1, 0.15) is 32.6 Å². The summed E-state index contributed by atoms with van der Waals surface area (Å²) in [6, 6.07) is 0. The van der Waals surface area contributed by atoms with Gasteiger partial charge in [0.15, 0.2) is 0 Å². The maximum atomic E-state index is 11.4. The van der Waals surface area contributed by atoms with Crippen molar-refractivity contribution in [2.75, 3.05) is 139 Å². The Morgan fingerprint density at radius 1 is 0.462 bits per heavy atom. The lowest BCUT2D eigenvalue weighted by Crippen LogP contribution is -2.17. The van der Waals surface area contributed by atoms with Crippen molar-refractivity contribution in [3.8, 4) is 0 Å². The molecule has 1 N–H and O–H groups in total. The molecule has 0 atom stereocenters. The summed E-state index contributed by atoms with van der Waals surface area (Å²) < 4.78 is 53.9. The molecule has 0 saturated carbocycles. The minimum absolute atomic E-state index is 0.157. The zero-order valence-corrected chi connectivity index (χ0v) is 24.5. The average molecular weight is 570 g/mol. The molecule has 0 aromatic heterocycles. The van der Waals surface area contributed by atoms with Gasteiger partial charge in [-0.2, -0.15) is 0 Å². The predicted molar refractivity (Wildman–Crippen MR) is 146 cm³/mol. The Balaban J connectivity index is 3.06. The number of hydrogen-bond acceptors (Lipinski definition) is 12. The third-order valence-corrected chi connectivity index (χ3v) is 4.95. The van der Waals surface area contributed by atoms with Gasteiger partial charge in [0.2, 0.25) is 0 Å². The molecular formula is C27H55NO11. The molecule has 0 aliphatic carbocycles. The fourth-order valence-electron chi connectivity index (χ4n) is 2.84. The van der Waals surface area contributed by atoms with E-state index in [1.54, 1.807) is 0 Å². The Morgan fingerprint density at radius 2 is 0.769 bits per heavy atom. The van der Waals surface area contributed by atoms with Crippen molar-refractivity contribution in [3.05, 3.63) is 0 Å². The molecule has 0 aliphatic heterocycles. The van der Waals surface area contributed by atoms with E-state index < -0.39 is 0 Å². The summed E-state index contributed by atoms with van der Waals surface area (Å²) in [7, 11) is 1.89. The van der Waals surface area contributed by atoms with Crippen LogP contribution >= 0.6 is 0 Å². The fraction of sp³-hybridized carbons (Fsp3) is 0.963. The van der Waals surface area contributed by atoms with Gasteiger partial charge in [-0.05, 0) is 13.5 Å². The number of unbranched alkanes of at least 4 members (excludes halogenated alkanes) is 2. The Bertz CT molecular complexity index is 475. The highest BCUT2D eigenvalue weighted by molar-refractivity contribution is 5.69. The second-order valence-corrected chi connectivity index (χ2v) is 8.29. The highest BCUT2D eigenvalue weighted by Gasteiger charge is 2.01. The molecule has 0 unspecified atom stereocenters. The molecule has 234 valence electrons. The van der Waals surface area contributed by atoms with Crippen LogP contribution in [0.4, 0.5) is 0 Å². The first-order chi connectivity index (χ1) is 19.3. The topological polar surface area (TPSA) is 121 Å². The van der Waals surface area contributed by atoms with Crippen LogP contribution < -0.4 is 5.32 Å². The van der Waals surface area contributed by atoms with Crippen LogP contribution in [-0.4, -0.2) is 145 Å². The molecule has 0 heterocycles. The van der Waals surface area contributed by atoms with E-state index in [2.05, 4.69) is 12.2 Å². The van der Waals surface area contributed by atoms with Crippen molar-refractivity contribution in [1.82, 2.24) is 5.32 Å². The van der Waals surface area contributed by atoms with Crippen LogP contribution in [0.25, 0.3) is 0 Å². The molecule has 0 radical (unpaired) electrons. The first-order valence-corrected chi connectivity index (χ1v) is 14.3. The number of nitrogens with one attached hydrogen (secondary N) is 1. The molecule has 0 rings (SSSR count). The van der Waals surface area contributed by atoms with Crippen molar-refractivity contribution in [2.24, 2.45) is 0 Å². The van der Waals surface area contributed by atoms with E-state index in [1.165, 1.54) is 0 Å². The quantitative estimate of drug-likeness (QED) is 0.0892. The maximum Gasteiger partial charge on any atom is 0.305 e. The molecule has 0 aromatic rings. The Labute approximate surface area is 235 Å². The highest BCUT2D eigenvalue weighted by Crippen LogP contribution is 2.00. The maximum absolute atomic E-state index is 11.4. The number of likely N-dealkylation sites (N-methyl/N-ethyl adjacent to an activating group) is 1. The predicted octanol–water partition coefficient (Wildman–Crippen LogP) is 1.48. The average Bonchev–Trinajstić information content (AvgIpc) is 2.94. The molecule has 12 heteroatoms. The van der Waals surface area contributed by atoms with E-state index >= 15 is 0 Å². The molecule has 0 fully saturated rings. The number of carbonyl (C=O) groups is 1. The van der Waals surface area contributed by atoms with Crippen molar-refractivity contribution >= 4 is 5.97 Å². The van der Waals surface area contributed by atoms with E-state index in [0.29, 0.717) is 125 Å². The lowest BCUT2D eigenvalue weighted by molar-refractivity contribution is -0.145. The van der Waals surface area contributed by atoms with Gasteiger partial charge < -0.3 is 52.7 Å². The largest absolute Gasteiger partial charge is 0.463 e. The number of hydrogen-bond donors (Lipinski definition) is 1. The third-order valence-electron chi connectivity index (χ3n) is 4.95. The summed E-state index contributed by atoms with van der Waals surface area (Å²) >= 11 is 0. The van der Waals surface area contributed by atoms with E-state index in [-0.39, 0.29) is 12.6 Å². The third kappa shape index (κ3) is 35.0. The standard InChI is InChI=1S/C27H55NO11/c1-3-4-5-6-27(29)39-26-25-38-24-23-37-22-21-36-20-19-35-18-17-34-16-15-33-14-13-32-12-11-31-10-9-30-8-7-28-2/h28H,3-26H2,1-2H3. The Morgan fingerprint density at radius 3 is 1.08 bits per heavy atom. The Hall–Kier alpha value is -0.930. The normalized spacial score (nSPS) is 11.3. The number of esters is 1. The number of carbonyl (C=O) groups excluding carboxylic acids is 1. The molecule has 39 heavy (non-hydrogen) atoms. The van der Waals surface area contributed by atoms with Gasteiger partial charge in [-0.3, -0.25) is 4.79 Å². The smallest absolute Gasteiger partial charge is 0.305 e. The van der Waals surface area contributed by atoms with Crippen LogP contribution in [-0.2, 0) is 52.2 Å². The van der Waals surface area contributed by atoms with Gasteiger partial charge in [0.25, 0.3) is 0 Å². The van der Waals surface area contributed by atoms with Gasteiger partial charge in [-0.1, -0.05) is 19.8 Å². The van der Waals surface area contributed by atoms with Crippen molar-refractivity contribution in [3.63, 3.8) is 0 Å². The summed E-state index contributed by atoms with van der Waals surface area (Å²) in [5, 5.41) is 3.02. The summed E-state index contributed by atoms with van der Waals surface area (Å²) in [5.41, 5.74) is 0. The lowest BCUT2D eigenvalue weighted by Gasteiger charge is -2.09. The minimum Gasteiger partial charge on any atom is -0.463 e. The van der Waals surface area contributed by atoms with Gasteiger partial charge in [0.05, 0.1) is 119 Å². The monoisotopic (exact) mass is 569 g/mol. The second kappa shape index (κ2) is 35.1. The zero-order chi connectivity index (χ0) is 28.3. The molecule has 0 aliphatic rings. The molecule has 0 bridgehead atoms. The first kappa shape index (κ1) is 38.1. The summed E-state index contributed by atoms with van der Waals surface area (Å²) in [6.45, 7) is 12.6. The van der Waals surface area contributed by atoms with Gasteiger partial charge in [0.1, 0.15) is 6.61 Å². The molecular weight excluding hydrogens is 514 g/mol. The van der Waals surface area contributed by atoms with Gasteiger partial charge in [0, 0.05) is 13.0 Å². The number of rotatable bonds is 34. The van der Waals surface area contributed by atoms with Crippen molar-refractivity contribution < 1.29 is 52.2 Å². The first-order valence-electron chi connectivity index (χ1n) is 14.3. The second-order valence-electron chi connectivity index (χ2n) is 8.29. The molecule has 0 amide bonds. The zero-order valence-electron chi connectivity index (χ0n) is 24.5. The van der Waals surface area contributed by atoms with E-state index in [0.717, 1.165) is 25.8 Å². The van der Waals surface area contributed by atoms with E-state index in [9.17, 15) is 4.79 Å². The molecule has 12 nitrogen and oxygen atoms in total. The lowest BCUT2D eigenvalue weighted by atomic mass is 10.2. The van der Waals surface area contributed by atoms with Crippen LogP contribution in [0.2, 0.25) is 0 Å². The van der Waals surface area contributed by atoms with Crippen LogP contribution in [0.5, 0.6) is 0 Å². The SMILES string of the molecule is CCCCCC(=O)OCCOCCOCCOCCOCCOCCOCCOCCOCCOCCNC. The summed E-state index contributed by atoms with van der Waals surface area (Å²) in [6.07, 6.45) is 3.51. The molecule has 0 aromatic carbocycles. The highest BCUT2D eigenvalue weighted by atomic mass is 16.6. The molecule has 0 spiro atoms. The van der Waals surface area contributed by atoms with Crippen LogP contribution in [0, 0.1) is 0 Å². The minimum atomic E-state index is -0.157. The van der Waals surface area contributed by atoms with E-state index in [4.69, 9.17) is 47.4 Å². The van der Waals surface area contributed by atoms with Crippen molar-refractivity contribution in [1.29, 1.82) is 0 Å². The summed E-state index contributed by atoms with van der Waals surface area (Å²) in [5.74, 6) is -0.157. The van der Waals surface area contributed by atoms with Crippen LogP contribution in [0.15, 0.2) is 0 Å². The summed E-state index contributed by atoms with van der Waals surface area (Å²) in [4.78, 5) is 11.4. The van der Waals surface area contributed by atoms with Crippen molar-refractivity contribution in [2.45, 2.75) is 32.6 Å². The molecule has 0 saturated heterocycles. The van der Waals surface area contributed by atoms with Gasteiger partial charge in [-0.25, -0.2) is 0 Å². The number of ether oxygens (including phenoxy) is 10. The van der Waals surface area contributed by atoms with Gasteiger partial charge >= 0.3 is 5.97 Å². The Kier molecular flexibility index (Phi) is 34.3. The van der Waals surface area contributed by atoms with Crippen LogP contribution in [0.3, 0.4) is 0 Å². The fourth-order valence-corrected chi connectivity index (χ4v) is 2.84.